The summed E-state index contributed by atoms with van der Waals surface area (Å²) in [6.07, 6.45) is 7.19. The highest BCUT2D eigenvalue weighted by atomic mass is 16.5. The Morgan fingerprint density at radius 2 is 1.71 bits per heavy atom. The van der Waals surface area contributed by atoms with E-state index in [2.05, 4.69) is 34.1 Å². The van der Waals surface area contributed by atoms with Gasteiger partial charge in [-0.25, -0.2) is 0 Å². The van der Waals surface area contributed by atoms with E-state index < -0.39 is 6.10 Å². The van der Waals surface area contributed by atoms with Gasteiger partial charge in [-0.1, -0.05) is 25.0 Å². The number of carbonyl (C=O) groups excluding carboxylic acids is 1. The molecule has 1 fully saturated rings. The molecule has 0 saturated carbocycles. The van der Waals surface area contributed by atoms with Gasteiger partial charge in [0.2, 0.25) is 0 Å². The lowest BCUT2D eigenvalue weighted by atomic mass is 9.99. The molecule has 0 spiro atoms. The Labute approximate surface area is 210 Å². The van der Waals surface area contributed by atoms with Crippen molar-refractivity contribution in [2.24, 2.45) is 0 Å². The molecule has 1 atom stereocenters. The van der Waals surface area contributed by atoms with Crippen molar-refractivity contribution in [3.63, 3.8) is 0 Å². The number of anilines is 2. The number of aliphatic hydroxyl groups excluding tert-OH is 1. The zero-order chi connectivity index (χ0) is 24.6. The number of aliphatic hydroxyl groups is 1. The largest absolute Gasteiger partial charge is 0.388 e. The summed E-state index contributed by atoms with van der Waals surface area (Å²) in [7, 11) is 3.56. The molecule has 4 rings (SSSR count). The number of amides is 1. The number of fused-ring (bicyclic) bond motifs is 1. The van der Waals surface area contributed by atoms with E-state index >= 15 is 0 Å². The quantitative estimate of drug-likeness (QED) is 0.605. The normalized spacial score (nSPS) is 18.9. The summed E-state index contributed by atoms with van der Waals surface area (Å²) in [6.45, 7) is 5.16. The van der Waals surface area contributed by atoms with Crippen molar-refractivity contribution in [1.82, 2.24) is 4.90 Å². The molecule has 0 aromatic heterocycles. The van der Waals surface area contributed by atoms with Crippen LogP contribution in [-0.2, 0) is 11.3 Å². The van der Waals surface area contributed by atoms with Crippen LogP contribution >= 0.6 is 0 Å². The summed E-state index contributed by atoms with van der Waals surface area (Å²) in [5.74, 6) is -0.0246. The van der Waals surface area contributed by atoms with Gasteiger partial charge in [0, 0.05) is 69.4 Å². The first-order valence-electron chi connectivity index (χ1n) is 13.2. The predicted octanol–water partition coefficient (Wildman–Crippen LogP) is 5.01. The van der Waals surface area contributed by atoms with Gasteiger partial charge in [0.1, 0.15) is 0 Å². The maximum absolute atomic E-state index is 13.3. The number of rotatable bonds is 7. The van der Waals surface area contributed by atoms with Crippen molar-refractivity contribution in [1.29, 1.82) is 0 Å². The number of benzene rings is 2. The van der Waals surface area contributed by atoms with Crippen molar-refractivity contribution in [2.75, 3.05) is 56.7 Å². The number of carbonyl (C=O) groups is 1. The van der Waals surface area contributed by atoms with Crippen LogP contribution in [0, 0.1) is 0 Å². The number of ether oxygens (including phenoxy) is 1. The third-order valence-electron chi connectivity index (χ3n) is 7.37. The molecule has 0 aliphatic carbocycles. The molecule has 190 valence electrons. The molecule has 1 unspecified atom stereocenters. The molecule has 2 aliphatic heterocycles. The average Bonchev–Trinajstić information content (AvgIpc) is 2.97. The molecule has 2 aromatic carbocycles. The smallest absolute Gasteiger partial charge is 0.253 e. The van der Waals surface area contributed by atoms with Crippen LogP contribution in [0.5, 0.6) is 0 Å². The first-order chi connectivity index (χ1) is 17.1. The van der Waals surface area contributed by atoms with Crippen molar-refractivity contribution in [2.45, 2.75) is 57.6 Å². The summed E-state index contributed by atoms with van der Waals surface area (Å²) in [6, 6.07) is 14.4. The van der Waals surface area contributed by atoms with E-state index in [-0.39, 0.29) is 5.91 Å². The van der Waals surface area contributed by atoms with Crippen LogP contribution in [-0.4, -0.2) is 62.9 Å². The lowest BCUT2D eigenvalue weighted by Gasteiger charge is -2.29. The lowest BCUT2D eigenvalue weighted by Crippen LogP contribution is -2.30. The molecule has 35 heavy (non-hydrogen) atoms. The summed E-state index contributed by atoms with van der Waals surface area (Å²) in [5, 5.41) is 11.0. The van der Waals surface area contributed by atoms with Crippen molar-refractivity contribution < 1.29 is 14.6 Å². The van der Waals surface area contributed by atoms with Crippen LogP contribution in [0.25, 0.3) is 0 Å². The Balaban J connectivity index is 1.47. The molecular formula is C29H41N3O3. The number of hydrogen-bond donors (Lipinski definition) is 1. The fraction of sp³-hybridized carbons (Fsp3) is 0.552. The first kappa shape index (κ1) is 25.5. The second kappa shape index (κ2) is 12.4. The van der Waals surface area contributed by atoms with Gasteiger partial charge in [-0.3, -0.25) is 4.79 Å². The van der Waals surface area contributed by atoms with E-state index in [0.29, 0.717) is 18.7 Å². The zero-order valence-electron chi connectivity index (χ0n) is 21.4. The molecule has 6 heteroatoms. The second-order valence-electron chi connectivity index (χ2n) is 9.99. The highest BCUT2D eigenvalue weighted by Gasteiger charge is 2.22. The minimum absolute atomic E-state index is 0.0246. The average molecular weight is 480 g/mol. The highest BCUT2D eigenvalue weighted by Crippen LogP contribution is 2.33. The van der Waals surface area contributed by atoms with E-state index in [4.69, 9.17) is 4.74 Å². The maximum Gasteiger partial charge on any atom is 0.253 e. The maximum atomic E-state index is 13.3. The standard InChI is InChI=1S/C29H41N3O3/c1-30(22-23-10-13-25(14-11-23)31-16-7-4-8-17-31)29(34)24-12-15-27-26(21-24)28(33)9-5-3-6-18-32(27)19-20-35-2/h10-15,21,28,33H,3-9,16-20,22H2,1-2H3. The van der Waals surface area contributed by atoms with Crippen LogP contribution in [0.2, 0.25) is 0 Å². The van der Waals surface area contributed by atoms with Gasteiger partial charge < -0.3 is 24.5 Å². The van der Waals surface area contributed by atoms with Gasteiger partial charge >= 0.3 is 0 Å². The fourth-order valence-corrected chi connectivity index (χ4v) is 5.30. The third-order valence-corrected chi connectivity index (χ3v) is 7.37. The van der Waals surface area contributed by atoms with Gasteiger partial charge in [0.05, 0.1) is 12.7 Å². The van der Waals surface area contributed by atoms with Gasteiger partial charge in [-0.15, -0.1) is 0 Å². The van der Waals surface area contributed by atoms with Gasteiger partial charge in [-0.2, -0.15) is 0 Å². The Morgan fingerprint density at radius 3 is 2.46 bits per heavy atom. The number of nitrogens with zero attached hydrogens (tertiary/aromatic N) is 3. The highest BCUT2D eigenvalue weighted by molar-refractivity contribution is 5.94. The summed E-state index contributed by atoms with van der Waals surface area (Å²) >= 11 is 0. The van der Waals surface area contributed by atoms with E-state index in [1.165, 1.54) is 24.9 Å². The number of hydrogen-bond acceptors (Lipinski definition) is 5. The Bertz CT molecular complexity index is 956. The van der Waals surface area contributed by atoms with Gasteiger partial charge in [0.25, 0.3) is 5.91 Å². The SMILES string of the molecule is COCCN1CCCCCC(O)c2cc(C(=O)N(C)Cc3ccc(N4CCCCC4)cc3)ccc21. The van der Waals surface area contributed by atoms with E-state index in [1.807, 2.05) is 25.2 Å². The molecule has 2 aromatic rings. The van der Waals surface area contributed by atoms with Crippen LogP contribution in [0.3, 0.4) is 0 Å². The van der Waals surface area contributed by atoms with Crippen LogP contribution in [0.15, 0.2) is 42.5 Å². The van der Waals surface area contributed by atoms with Crippen LogP contribution in [0.1, 0.15) is 72.5 Å². The molecule has 1 saturated heterocycles. The third kappa shape index (κ3) is 6.56. The van der Waals surface area contributed by atoms with Crippen LogP contribution in [0.4, 0.5) is 11.4 Å². The number of piperidine rings is 1. The minimum Gasteiger partial charge on any atom is -0.388 e. The Kier molecular flexibility index (Phi) is 9.05. The van der Waals surface area contributed by atoms with E-state index in [9.17, 15) is 9.90 Å². The predicted molar refractivity (Wildman–Crippen MR) is 142 cm³/mol. The topological polar surface area (TPSA) is 56.3 Å². The lowest BCUT2D eigenvalue weighted by molar-refractivity contribution is 0.0784. The van der Waals surface area contributed by atoms with Crippen molar-refractivity contribution in [3.05, 3.63) is 59.2 Å². The molecule has 6 nitrogen and oxygen atoms in total. The molecule has 2 heterocycles. The van der Waals surface area contributed by atoms with E-state index in [1.54, 1.807) is 12.0 Å². The van der Waals surface area contributed by atoms with Crippen LogP contribution < -0.4 is 9.80 Å². The fourth-order valence-electron chi connectivity index (χ4n) is 5.30. The number of methoxy groups -OCH3 is 1. The molecule has 2 aliphatic rings. The van der Waals surface area contributed by atoms with E-state index in [0.717, 1.165) is 68.7 Å². The summed E-state index contributed by atoms with van der Waals surface area (Å²) < 4.78 is 5.31. The van der Waals surface area contributed by atoms with Gasteiger partial charge in [-0.05, 0) is 68.0 Å². The van der Waals surface area contributed by atoms with Crippen molar-refractivity contribution in [3.8, 4) is 0 Å². The first-order valence-corrected chi connectivity index (χ1v) is 13.2. The zero-order valence-corrected chi connectivity index (χ0v) is 21.4. The summed E-state index contributed by atoms with van der Waals surface area (Å²) in [5.41, 5.74) is 4.89. The van der Waals surface area contributed by atoms with Gasteiger partial charge in [0.15, 0.2) is 0 Å². The monoisotopic (exact) mass is 479 g/mol. The molecule has 0 radical (unpaired) electrons. The molecule has 1 amide bonds. The second-order valence-corrected chi connectivity index (χ2v) is 9.99. The molecule has 0 bridgehead atoms. The van der Waals surface area contributed by atoms with Crippen molar-refractivity contribution >= 4 is 17.3 Å². The minimum atomic E-state index is -0.562. The summed E-state index contributed by atoms with van der Waals surface area (Å²) in [4.78, 5) is 19.8. The Hall–Kier alpha value is -2.57. The molecule has 1 N–H and O–H groups in total. The Morgan fingerprint density at radius 1 is 1.00 bits per heavy atom. The molecular weight excluding hydrogens is 438 g/mol.